The number of benzene rings is 1. The first kappa shape index (κ1) is 36.0. The van der Waals surface area contributed by atoms with E-state index >= 15 is 0 Å². The minimum Gasteiger partial charge on any atom is -0.399 e. The first-order valence-corrected chi connectivity index (χ1v) is 17.0. The van der Waals surface area contributed by atoms with Gasteiger partial charge in [-0.15, -0.1) is 0 Å². The molecule has 40 heavy (non-hydrogen) atoms. The van der Waals surface area contributed by atoms with Crippen molar-refractivity contribution < 1.29 is 56.6 Å². The molecule has 17 nitrogen and oxygen atoms in total. The maximum absolute atomic E-state index is 11.2. The fourth-order valence-corrected chi connectivity index (χ4v) is 5.07. The summed E-state index contributed by atoms with van der Waals surface area (Å²) in [6.07, 6.45) is 0.474. The van der Waals surface area contributed by atoms with Gasteiger partial charge in [0.15, 0.2) is 0 Å². The largest absolute Gasteiger partial charge is 0.399 e. The third-order valence-corrected chi connectivity index (χ3v) is 7.49. The Morgan fingerprint density at radius 2 is 1.23 bits per heavy atom. The number of hydrogen-bond donors (Lipinski definition) is 7. The van der Waals surface area contributed by atoms with E-state index in [0.29, 0.717) is 57.9 Å². The molecule has 2 rings (SSSR count). The molecular weight excluding hydrogens is 614 g/mol. The van der Waals surface area contributed by atoms with Crippen molar-refractivity contribution in [3.63, 3.8) is 0 Å². The van der Waals surface area contributed by atoms with Crippen LogP contribution in [0.5, 0.6) is 0 Å². The molecule has 0 spiro atoms. The van der Waals surface area contributed by atoms with Gasteiger partial charge >= 0.3 is 33.7 Å². The van der Waals surface area contributed by atoms with Gasteiger partial charge in [-0.25, -0.2) is 0 Å². The lowest BCUT2D eigenvalue weighted by atomic mass is 10.0. The number of rotatable bonds is 14. The Hall–Kier alpha value is -0.220. The minimum absolute atomic E-state index is 0.131. The van der Waals surface area contributed by atoms with E-state index in [1.807, 2.05) is 21.9 Å². The predicted molar refractivity (Wildman–Crippen MR) is 149 cm³/mol. The Balaban J connectivity index is 2.36. The van der Waals surface area contributed by atoms with Gasteiger partial charge in [0.25, 0.3) is 0 Å². The van der Waals surface area contributed by atoms with Crippen molar-refractivity contribution in [1.82, 2.24) is 19.6 Å². The number of nitrogen functional groups attached to an aromatic ring is 1. The van der Waals surface area contributed by atoms with Gasteiger partial charge in [0, 0.05) is 57.5 Å². The van der Waals surface area contributed by atoms with E-state index in [0.717, 1.165) is 5.56 Å². The highest BCUT2D eigenvalue weighted by molar-refractivity contribution is 7.39. The summed E-state index contributed by atoms with van der Waals surface area (Å²) < 4.78 is 42.6. The Labute approximate surface area is 236 Å². The average Bonchev–Trinajstić information content (AvgIpc) is 2.88. The summed E-state index contributed by atoms with van der Waals surface area (Å²) in [5.41, 5.74) is 7.36. The summed E-state index contributed by atoms with van der Waals surface area (Å²) in [5.74, 6) is 0. The van der Waals surface area contributed by atoms with Crippen molar-refractivity contribution in [3.8, 4) is 0 Å². The van der Waals surface area contributed by atoms with Crippen LogP contribution in [-0.2, 0) is 33.6 Å². The van der Waals surface area contributed by atoms with E-state index in [1.54, 1.807) is 21.9 Å². The van der Waals surface area contributed by atoms with E-state index in [1.165, 1.54) is 0 Å². The highest BCUT2D eigenvalue weighted by Crippen LogP contribution is 2.27. The molecule has 1 heterocycles. The zero-order chi connectivity index (χ0) is 29.5. The van der Waals surface area contributed by atoms with Gasteiger partial charge in [-0.1, -0.05) is 12.1 Å². The van der Waals surface area contributed by atoms with Crippen molar-refractivity contribution in [3.05, 3.63) is 29.8 Å². The molecule has 0 saturated carbocycles. The molecular formula is C19H39N5O12P4. The van der Waals surface area contributed by atoms with Crippen molar-refractivity contribution in [2.75, 3.05) is 78.5 Å². The molecule has 1 fully saturated rings. The molecule has 1 aromatic rings. The van der Waals surface area contributed by atoms with Crippen LogP contribution in [0.15, 0.2) is 24.3 Å². The topological polar surface area (TPSA) is 231 Å². The lowest BCUT2D eigenvalue weighted by Gasteiger charge is -2.38. The molecule has 0 aliphatic carbocycles. The molecule has 232 valence electrons. The number of hydrogen-bond acceptors (Lipinski definition) is 15. The third kappa shape index (κ3) is 15.9. The van der Waals surface area contributed by atoms with Crippen LogP contribution < -0.4 is 5.73 Å². The molecule has 1 saturated heterocycles. The van der Waals surface area contributed by atoms with Crippen molar-refractivity contribution in [2.45, 2.75) is 12.5 Å². The monoisotopic (exact) mass is 653 g/mol. The minimum atomic E-state index is -3.20. The van der Waals surface area contributed by atoms with Gasteiger partial charge in [-0.2, -0.15) is 0 Å². The quantitative estimate of drug-likeness (QED) is 0.0989. The Kier molecular flexibility index (Phi) is 17.9. The molecule has 0 radical (unpaired) electrons. The van der Waals surface area contributed by atoms with Gasteiger partial charge in [0.05, 0.1) is 0 Å². The first-order chi connectivity index (χ1) is 19.0. The van der Waals surface area contributed by atoms with Gasteiger partial charge in [0.1, 0.15) is 26.9 Å². The Morgan fingerprint density at radius 3 is 1.73 bits per heavy atom. The molecule has 21 heteroatoms. The number of nitrogens with zero attached hydrogens (tertiary/aromatic N) is 4. The van der Waals surface area contributed by atoms with Gasteiger partial charge in [0.2, 0.25) is 0 Å². The number of nitrogens with two attached hydrogens (primary N) is 1. The molecule has 3 atom stereocenters. The molecule has 3 unspecified atom stereocenters. The maximum Gasteiger partial charge on any atom is 0.328 e. The summed E-state index contributed by atoms with van der Waals surface area (Å²) in [6, 6.07) is 6.94. The van der Waals surface area contributed by atoms with E-state index in [2.05, 4.69) is 0 Å². The van der Waals surface area contributed by atoms with Gasteiger partial charge < -0.3 is 35.1 Å². The fourth-order valence-electron chi connectivity index (χ4n) is 3.96. The van der Waals surface area contributed by atoms with Crippen LogP contribution >= 0.6 is 33.7 Å². The molecule has 1 aliphatic heterocycles. The van der Waals surface area contributed by atoms with E-state index in [4.69, 9.17) is 28.7 Å². The number of anilines is 1. The standard InChI is InChI=1S/C19H39N5O12P4/c20-18-3-1-17(2-4-18)11-19-12-23(15-35-39(29)30)8-7-21(13-33-37(25)26)5-6-22(14-34-38(27)28)9-10-24(19)16-36-40(31)32/h1-4,19,29-32,37-38H,5-16,20H2,(H,25,26)(H,27,28). The predicted octanol–water partition coefficient (Wildman–Crippen LogP) is -0.515. The van der Waals surface area contributed by atoms with Crippen LogP contribution in [0.1, 0.15) is 5.56 Å². The summed E-state index contributed by atoms with van der Waals surface area (Å²) in [6.45, 7) is 1.74. The lowest BCUT2D eigenvalue weighted by Crippen LogP contribution is -2.52. The first-order valence-electron chi connectivity index (χ1n) is 12.1. The average molecular weight is 653 g/mol. The zero-order valence-corrected chi connectivity index (χ0v) is 25.6. The smallest absolute Gasteiger partial charge is 0.328 e. The van der Waals surface area contributed by atoms with E-state index in [-0.39, 0.29) is 33.0 Å². The lowest BCUT2D eigenvalue weighted by molar-refractivity contribution is 0.00606. The molecule has 1 aromatic carbocycles. The molecule has 8 N–H and O–H groups in total. The van der Waals surface area contributed by atoms with Crippen LogP contribution in [0.25, 0.3) is 0 Å². The van der Waals surface area contributed by atoms with Crippen molar-refractivity contribution >= 4 is 39.4 Å². The summed E-state index contributed by atoms with van der Waals surface area (Å²) in [5, 5.41) is 0. The second-order valence-corrected chi connectivity index (χ2v) is 12.0. The summed E-state index contributed by atoms with van der Waals surface area (Å²) in [4.78, 5) is 63.2. The van der Waals surface area contributed by atoms with Crippen LogP contribution in [0.2, 0.25) is 0 Å². The SMILES string of the molecule is Nc1ccc(CC2CN(COP(O)O)CCN(CO[PH](=O)O)CCN(CO[PH](=O)O)CCN2COP(O)O)cc1. The molecule has 0 amide bonds. The second kappa shape index (κ2) is 19.9. The summed E-state index contributed by atoms with van der Waals surface area (Å²) >= 11 is 0. The normalized spacial score (nSPS) is 21.4. The molecule has 1 aliphatic rings. The van der Waals surface area contributed by atoms with E-state index in [9.17, 15) is 33.6 Å². The highest BCUT2D eigenvalue weighted by Gasteiger charge is 2.26. The Morgan fingerprint density at radius 1 is 0.750 bits per heavy atom. The third-order valence-electron chi connectivity index (χ3n) is 6.04. The van der Waals surface area contributed by atoms with Crippen molar-refractivity contribution in [2.24, 2.45) is 0 Å². The van der Waals surface area contributed by atoms with Crippen LogP contribution in [0.3, 0.4) is 0 Å². The fraction of sp³-hybridized carbons (Fsp3) is 0.684. The zero-order valence-electron chi connectivity index (χ0n) is 21.8. The summed E-state index contributed by atoms with van der Waals surface area (Å²) in [7, 11) is -11.7. The van der Waals surface area contributed by atoms with Crippen molar-refractivity contribution in [1.29, 1.82) is 0 Å². The highest BCUT2D eigenvalue weighted by atomic mass is 31.2. The maximum atomic E-state index is 11.2. The molecule has 0 bridgehead atoms. The van der Waals surface area contributed by atoms with Crippen LogP contribution in [0, 0.1) is 0 Å². The molecule has 0 aromatic heterocycles. The van der Waals surface area contributed by atoms with Crippen LogP contribution in [-0.4, -0.2) is 128 Å². The van der Waals surface area contributed by atoms with Gasteiger partial charge in [-0.05, 0) is 24.1 Å². The Bertz CT molecular complexity index is 894. The van der Waals surface area contributed by atoms with Gasteiger partial charge in [-0.3, -0.25) is 46.8 Å². The second-order valence-electron chi connectivity index (χ2n) is 8.83. The van der Waals surface area contributed by atoms with Crippen LogP contribution in [0.4, 0.5) is 5.69 Å². The van der Waals surface area contributed by atoms with E-state index < -0.39 is 33.7 Å².